The molecule has 0 unspecified atom stereocenters. The smallest absolute Gasteiger partial charge is 0.235 e. The van der Waals surface area contributed by atoms with Crippen LogP contribution in [-0.2, 0) is 0 Å². The van der Waals surface area contributed by atoms with Crippen LogP contribution < -0.4 is 4.90 Å². The summed E-state index contributed by atoms with van der Waals surface area (Å²) in [4.78, 5) is 12.7. The second kappa shape index (κ2) is 8.01. The Hall–Kier alpha value is -5.48. The van der Waals surface area contributed by atoms with Gasteiger partial charge < -0.3 is 4.42 Å². The van der Waals surface area contributed by atoms with Crippen LogP contribution in [0.4, 0.5) is 17.3 Å². The van der Waals surface area contributed by atoms with Gasteiger partial charge in [-0.3, -0.25) is 4.90 Å². The van der Waals surface area contributed by atoms with Gasteiger partial charge in [0.1, 0.15) is 11.2 Å². The molecule has 0 amide bonds. The zero-order valence-corrected chi connectivity index (χ0v) is 21.4. The number of para-hydroxylation sites is 3. The second-order valence-electron chi connectivity index (χ2n) is 10.2. The van der Waals surface area contributed by atoms with Crippen molar-refractivity contribution in [1.29, 1.82) is 0 Å². The van der Waals surface area contributed by atoms with Crippen molar-refractivity contribution in [3.63, 3.8) is 0 Å². The quantitative estimate of drug-likeness (QED) is 0.232. The predicted octanol–water partition coefficient (Wildman–Crippen LogP) is 9.80. The molecule has 2 aromatic heterocycles. The molecule has 0 saturated carbocycles. The summed E-state index contributed by atoms with van der Waals surface area (Å²) in [6, 6.07) is 44.2. The predicted molar refractivity (Wildman–Crippen MR) is 163 cm³/mol. The van der Waals surface area contributed by atoms with Crippen LogP contribution in [0.25, 0.3) is 66.0 Å². The van der Waals surface area contributed by atoms with E-state index in [1.165, 1.54) is 21.9 Å². The van der Waals surface area contributed by atoms with Crippen molar-refractivity contribution in [2.45, 2.75) is 0 Å². The van der Waals surface area contributed by atoms with Crippen LogP contribution in [0.2, 0.25) is 0 Å². The Bertz CT molecular complexity index is 2290. The van der Waals surface area contributed by atoms with Gasteiger partial charge in [-0.25, -0.2) is 9.97 Å². The molecule has 3 heterocycles. The van der Waals surface area contributed by atoms with Crippen LogP contribution in [-0.4, -0.2) is 9.97 Å². The zero-order valence-electron chi connectivity index (χ0n) is 21.4. The summed E-state index contributed by atoms with van der Waals surface area (Å²) in [6.45, 7) is 0. The maximum absolute atomic E-state index is 6.24. The SMILES string of the molecule is c1ccc2c(c1)-c1cccc3cccc(c13)N2c1nc(-c2cccc3oc4ccccc4c23)c2ccccc2n1. The van der Waals surface area contributed by atoms with E-state index in [9.17, 15) is 0 Å². The Morgan fingerprint density at radius 1 is 0.475 bits per heavy atom. The fourth-order valence-corrected chi connectivity index (χ4v) is 6.32. The van der Waals surface area contributed by atoms with Gasteiger partial charge >= 0.3 is 0 Å². The monoisotopic (exact) mass is 511 g/mol. The molecule has 0 bridgehead atoms. The highest BCUT2D eigenvalue weighted by molar-refractivity contribution is 6.16. The van der Waals surface area contributed by atoms with Gasteiger partial charge in [-0.15, -0.1) is 0 Å². The van der Waals surface area contributed by atoms with Gasteiger partial charge in [-0.2, -0.15) is 0 Å². The van der Waals surface area contributed by atoms with Gasteiger partial charge in [0.05, 0.1) is 22.6 Å². The molecule has 6 aromatic carbocycles. The van der Waals surface area contributed by atoms with E-state index >= 15 is 0 Å². The van der Waals surface area contributed by atoms with Crippen molar-refractivity contribution >= 4 is 60.9 Å². The first-order valence-electron chi connectivity index (χ1n) is 13.4. The van der Waals surface area contributed by atoms with Gasteiger partial charge in [0, 0.05) is 32.7 Å². The molecule has 0 N–H and O–H groups in total. The van der Waals surface area contributed by atoms with Crippen LogP contribution in [0.1, 0.15) is 0 Å². The highest BCUT2D eigenvalue weighted by Gasteiger charge is 2.28. The van der Waals surface area contributed by atoms with E-state index in [4.69, 9.17) is 14.4 Å². The van der Waals surface area contributed by atoms with Gasteiger partial charge in [-0.05, 0) is 41.3 Å². The first-order valence-corrected chi connectivity index (χ1v) is 13.4. The first kappa shape index (κ1) is 21.5. The number of anilines is 3. The maximum Gasteiger partial charge on any atom is 0.235 e. The summed E-state index contributed by atoms with van der Waals surface area (Å²) in [6.07, 6.45) is 0. The Labute approximate surface area is 229 Å². The van der Waals surface area contributed by atoms with Gasteiger partial charge in [0.25, 0.3) is 0 Å². The molecule has 4 nitrogen and oxygen atoms in total. The summed E-state index contributed by atoms with van der Waals surface area (Å²) >= 11 is 0. The number of hydrogen-bond donors (Lipinski definition) is 0. The molecule has 40 heavy (non-hydrogen) atoms. The lowest BCUT2D eigenvalue weighted by atomic mass is 9.91. The summed E-state index contributed by atoms with van der Waals surface area (Å²) in [7, 11) is 0. The summed E-state index contributed by atoms with van der Waals surface area (Å²) in [5.41, 5.74) is 9.11. The van der Waals surface area contributed by atoms with E-state index in [2.05, 4.69) is 102 Å². The molecular weight excluding hydrogens is 490 g/mol. The molecule has 9 rings (SSSR count). The third-order valence-corrected chi connectivity index (χ3v) is 8.01. The Morgan fingerprint density at radius 2 is 1.15 bits per heavy atom. The summed E-state index contributed by atoms with van der Waals surface area (Å²) < 4.78 is 6.24. The number of benzene rings is 6. The number of nitrogens with zero attached hydrogens (tertiary/aromatic N) is 3. The number of rotatable bonds is 2. The lowest BCUT2D eigenvalue weighted by molar-refractivity contribution is 0.669. The number of furan rings is 1. The van der Waals surface area contributed by atoms with E-state index in [0.717, 1.165) is 55.5 Å². The highest BCUT2D eigenvalue weighted by Crippen LogP contribution is 2.50. The van der Waals surface area contributed by atoms with Crippen molar-refractivity contribution < 1.29 is 4.42 Å². The van der Waals surface area contributed by atoms with Crippen LogP contribution in [0.5, 0.6) is 0 Å². The number of aromatic nitrogens is 2. The standard InChI is InChI=1S/C36H21N3O/c1-4-17-28-25(13-1)35(27-16-9-21-32-34(27)26-14-3-6-20-31(26)40-32)38-36(37-28)39-29-18-5-2-12-23(29)24-15-7-10-22-11-8-19-30(39)33(22)24/h1-21H. The average Bonchev–Trinajstić information content (AvgIpc) is 3.40. The van der Waals surface area contributed by atoms with Crippen LogP contribution in [0.3, 0.4) is 0 Å². The molecule has 1 aliphatic rings. The normalized spacial score (nSPS) is 12.4. The van der Waals surface area contributed by atoms with Gasteiger partial charge in [0.2, 0.25) is 5.95 Å². The Kier molecular flexibility index (Phi) is 4.30. The lowest BCUT2D eigenvalue weighted by Crippen LogP contribution is -2.18. The van der Waals surface area contributed by atoms with E-state index in [-0.39, 0.29) is 0 Å². The molecule has 8 aromatic rings. The van der Waals surface area contributed by atoms with Crippen LogP contribution in [0, 0.1) is 0 Å². The molecular formula is C36H21N3O. The van der Waals surface area contributed by atoms with Crippen molar-refractivity contribution in [1.82, 2.24) is 9.97 Å². The molecule has 0 spiro atoms. The fraction of sp³-hybridized carbons (Fsp3) is 0. The third-order valence-electron chi connectivity index (χ3n) is 8.01. The van der Waals surface area contributed by atoms with Crippen molar-refractivity contribution in [2.24, 2.45) is 0 Å². The molecule has 0 fully saturated rings. The molecule has 0 radical (unpaired) electrons. The van der Waals surface area contributed by atoms with E-state index in [1.807, 2.05) is 30.3 Å². The molecule has 186 valence electrons. The zero-order chi connectivity index (χ0) is 26.2. The number of fused-ring (bicyclic) bond motifs is 6. The fourth-order valence-electron chi connectivity index (χ4n) is 6.32. The largest absolute Gasteiger partial charge is 0.456 e. The topological polar surface area (TPSA) is 42.2 Å². The minimum Gasteiger partial charge on any atom is -0.456 e. The molecule has 0 saturated heterocycles. The van der Waals surface area contributed by atoms with E-state index in [1.54, 1.807) is 0 Å². The molecule has 1 aliphatic heterocycles. The minimum absolute atomic E-state index is 0.646. The minimum atomic E-state index is 0.646. The Balaban J connectivity index is 1.39. The van der Waals surface area contributed by atoms with E-state index in [0.29, 0.717) is 5.95 Å². The number of hydrogen-bond acceptors (Lipinski definition) is 4. The second-order valence-corrected chi connectivity index (χ2v) is 10.2. The van der Waals surface area contributed by atoms with Crippen molar-refractivity contribution in [3.05, 3.63) is 127 Å². The summed E-state index contributed by atoms with van der Waals surface area (Å²) in [5.74, 6) is 0.646. The highest BCUT2D eigenvalue weighted by atomic mass is 16.3. The Morgan fingerprint density at radius 3 is 2.10 bits per heavy atom. The third kappa shape index (κ3) is 2.90. The maximum atomic E-state index is 6.24. The van der Waals surface area contributed by atoms with Gasteiger partial charge in [0.15, 0.2) is 0 Å². The van der Waals surface area contributed by atoms with Crippen molar-refractivity contribution in [2.75, 3.05) is 4.90 Å². The lowest BCUT2D eigenvalue weighted by Gasteiger charge is -2.32. The van der Waals surface area contributed by atoms with Crippen molar-refractivity contribution in [3.8, 4) is 22.4 Å². The van der Waals surface area contributed by atoms with Crippen LogP contribution in [0.15, 0.2) is 132 Å². The molecule has 4 heteroatoms. The van der Waals surface area contributed by atoms with Gasteiger partial charge in [-0.1, -0.05) is 97.1 Å². The summed E-state index contributed by atoms with van der Waals surface area (Å²) in [5, 5.41) is 5.57. The molecule has 0 atom stereocenters. The van der Waals surface area contributed by atoms with Crippen LogP contribution >= 0.6 is 0 Å². The average molecular weight is 512 g/mol. The molecule has 0 aliphatic carbocycles. The van der Waals surface area contributed by atoms with E-state index < -0.39 is 0 Å². The first-order chi connectivity index (χ1) is 19.8.